The molecule has 0 saturated heterocycles. The zero-order chi connectivity index (χ0) is 9.47. The lowest BCUT2D eigenvalue weighted by Crippen LogP contribution is -2.45. The van der Waals surface area contributed by atoms with Crippen molar-refractivity contribution in [1.29, 1.82) is 0 Å². The molecule has 1 unspecified atom stereocenters. The van der Waals surface area contributed by atoms with E-state index in [9.17, 15) is 0 Å². The Kier molecular flexibility index (Phi) is 4.65. The second-order valence-corrected chi connectivity index (χ2v) is 3.57. The van der Waals surface area contributed by atoms with E-state index in [1.807, 2.05) is 38.1 Å². The largest absolute Gasteiger partial charge is 0.469 e. The first-order valence-corrected chi connectivity index (χ1v) is 4.35. The minimum Gasteiger partial charge on any atom is -0.469 e. The van der Waals surface area contributed by atoms with Crippen LogP contribution in [0.5, 0.6) is 5.75 Å². The topological polar surface area (TPSA) is 35.2 Å². The average molecular weight is 248 g/mol. The van der Waals surface area contributed by atoms with Crippen LogP contribution in [-0.2, 0) is 0 Å². The predicted octanol–water partition coefficient (Wildman–Crippen LogP) is 3.00. The van der Waals surface area contributed by atoms with Crippen LogP contribution in [0, 0.1) is 0 Å². The van der Waals surface area contributed by atoms with Crippen molar-refractivity contribution in [2.75, 3.05) is 0 Å². The fourth-order valence-corrected chi connectivity index (χ4v) is 1.38. The van der Waals surface area contributed by atoms with Gasteiger partial charge in [-0.1, -0.05) is 18.2 Å². The number of rotatable bonds is 0. The first kappa shape index (κ1) is 14.3. The highest BCUT2D eigenvalue weighted by molar-refractivity contribution is 5.85. The van der Waals surface area contributed by atoms with E-state index in [0.717, 1.165) is 16.9 Å². The number of ether oxygens (including phenoxy) is 1. The fourth-order valence-electron chi connectivity index (χ4n) is 1.38. The number of para-hydroxylation sites is 1. The molecule has 0 amide bonds. The molecule has 84 valence electrons. The molecule has 1 aliphatic rings. The van der Waals surface area contributed by atoms with Crippen LogP contribution in [0.25, 0.3) is 6.08 Å². The highest BCUT2D eigenvalue weighted by Crippen LogP contribution is 2.32. The number of hydrogen-bond acceptors (Lipinski definition) is 2. The van der Waals surface area contributed by atoms with Crippen molar-refractivity contribution in [2.45, 2.75) is 19.6 Å². The molecule has 1 heterocycles. The molecule has 0 fully saturated rings. The summed E-state index contributed by atoms with van der Waals surface area (Å²) < 4.78 is 5.64. The number of hydrogen-bond donors (Lipinski definition) is 1. The normalized spacial score (nSPS) is 22.5. The molecule has 2 rings (SSSR count). The van der Waals surface area contributed by atoms with Crippen molar-refractivity contribution in [3.63, 3.8) is 0 Å². The summed E-state index contributed by atoms with van der Waals surface area (Å²) in [4.78, 5) is 0. The van der Waals surface area contributed by atoms with Crippen LogP contribution in [0.2, 0.25) is 0 Å². The van der Waals surface area contributed by atoms with E-state index < -0.39 is 5.72 Å². The van der Waals surface area contributed by atoms with Crippen molar-refractivity contribution in [1.82, 2.24) is 0 Å². The van der Waals surface area contributed by atoms with E-state index in [4.69, 9.17) is 10.5 Å². The first-order valence-electron chi connectivity index (χ1n) is 4.35. The average Bonchev–Trinajstić information content (AvgIpc) is 2.06. The smallest absolute Gasteiger partial charge is 0.177 e. The lowest BCUT2D eigenvalue weighted by Gasteiger charge is -2.31. The maximum absolute atomic E-state index is 5.95. The van der Waals surface area contributed by atoms with Gasteiger partial charge in [-0.3, -0.25) is 5.73 Å². The lowest BCUT2D eigenvalue weighted by molar-refractivity contribution is 0.132. The molecule has 2 N–H and O–H groups in total. The predicted molar refractivity (Wildman–Crippen MR) is 67.8 cm³/mol. The molecule has 15 heavy (non-hydrogen) atoms. The maximum atomic E-state index is 5.95. The Labute approximate surface area is 102 Å². The lowest BCUT2D eigenvalue weighted by atomic mass is 10.00. The Morgan fingerprint density at radius 1 is 1.20 bits per heavy atom. The van der Waals surface area contributed by atoms with Crippen LogP contribution in [0.4, 0.5) is 0 Å². The highest BCUT2D eigenvalue weighted by atomic mass is 35.5. The van der Waals surface area contributed by atoms with Crippen LogP contribution in [-0.4, -0.2) is 5.72 Å². The minimum absolute atomic E-state index is 0. The van der Waals surface area contributed by atoms with Gasteiger partial charge < -0.3 is 4.74 Å². The number of nitrogens with two attached hydrogens (primary N) is 1. The summed E-state index contributed by atoms with van der Waals surface area (Å²) in [5.41, 5.74) is 7.43. The number of halogens is 2. The molecule has 0 aliphatic carbocycles. The molecule has 1 atom stereocenters. The Hall–Kier alpha value is -0.700. The summed E-state index contributed by atoms with van der Waals surface area (Å²) >= 11 is 0. The van der Waals surface area contributed by atoms with Crippen LogP contribution in [0.15, 0.2) is 29.8 Å². The molecule has 0 spiro atoms. The molecule has 0 saturated carbocycles. The summed E-state index contributed by atoms with van der Waals surface area (Å²) in [5.74, 6) is 0.859. The van der Waals surface area contributed by atoms with E-state index in [1.54, 1.807) is 0 Å². The monoisotopic (exact) mass is 247 g/mol. The van der Waals surface area contributed by atoms with Gasteiger partial charge in [0.2, 0.25) is 0 Å². The van der Waals surface area contributed by atoms with Crippen LogP contribution in [0.1, 0.15) is 19.4 Å². The van der Waals surface area contributed by atoms with E-state index in [1.165, 1.54) is 0 Å². The quantitative estimate of drug-likeness (QED) is 0.766. The van der Waals surface area contributed by atoms with Crippen LogP contribution in [0.3, 0.4) is 0 Å². The SMILES string of the molecule is CC1=Cc2ccccc2OC1(C)N.Cl.Cl. The molecule has 1 aromatic rings. The zero-order valence-electron chi connectivity index (χ0n) is 8.69. The Morgan fingerprint density at radius 3 is 2.47 bits per heavy atom. The Bertz CT molecular complexity index is 375. The van der Waals surface area contributed by atoms with E-state index in [2.05, 4.69) is 6.08 Å². The van der Waals surface area contributed by atoms with Gasteiger partial charge in [0.25, 0.3) is 0 Å². The molecule has 1 aromatic carbocycles. The Balaban J connectivity index is 0.000000980. The molecule has 2 nitrogen and oxygen atoms in total. The van der Waals surface area contributed by atoms with Gasteiger partial charge >= 0.3 is 0 Å². The van der Waals surface area contributed by atoms with Gasteiger partial charge in [0, 0.05) is 5.56 Å². The van der Waals surface area contributed by atoms with E-state index in [0.29, 0.717) is 0 Å². The number of benzene rings is 1. The van der Waals surface area contributed by atoms with Gasteiger partial charge in [-0.25, -0.2) is 0 Å². The van der Waals surface area contributed by atoms with Crippen molar-refractivity contribution in [3.8, 4) is 5.75 Å². The van der Waals surface area contributed by atoms with E-state index in [-0.39, 0.29) is 24.8 Å². The van der Waals surface area contributed by atoms with Gasteiger partial charge in [0.1, 0.15) is 5.75 Å². The summed E-state index contributed by atoms with van der Waals surface area (Å²) in [6.07, 6.45) is 2.07. The summed E-state index contributed by atoms with van der Waals surface area (Å²) in [5, 5.41) is 0. The summed E-state index contributed by atoms with van der Waals surface area (Å²) in [6, 6.07) is 7.89. The highest BCUT2D eigenvalue weighted by Gasteiger charge is 2.27. The Morgan fingerprint density at radius 2 is 1.80 bits per heavy atom. The van der Waals surface area contributed by atoms with Crippen LogP contribution < -0.4 is 10.5 Å². The molecule has 1 aliphatic heterocycles. The third-order valence-corrected chi connectivity index (χ3v) is 2.40. The molecular formula is C11H15Cl2NO. The number of fused-ring (bicyclic) bond motifs is 1. The maximum Gasteiger partial charge on any atom is 0.177 e. The van der Waals surface area contributed by atoms with Crippen molar-refractivity contribution >= 4 is 30.9 Å². The molecule has 0 bridgehead atoms. The third kappa shape index (κ3) is 2.65. The standard InChI is InChI=1S/C11H13NO.2ClH/c1-8-7-9-5-3-4-6-10(9)13-11(8,2)12;;/h3-7H,12H2,1-2H3;2*1H. The minimum atomic E-state index is -0.658. The van der Waals surface area contributed by atoms with Crippen molar-refractivity contribution in [3.05, 3.63) is 35.4 Å². The molecular weight excluding hydrogens is 233 g/mol. The first-order chi connectivity index (χ1) is 6.09. The van der Waals surface area contributed by atoms with Crippen LogP contribution >= 0.6 is 24.8 Å². The van der Waals surface area contributed by atoms with Gasteiger partial charge in [0.15, 0.2) is 5.72 Å². The zero-order valence-corrected chi connectivity index (χ0v) is 10.3. The molecule has 0 aromatic heterocycles. The fraction of sp³-hybridized carbons (Fsp3) is 0.273. The van der Waals surface area contributed by atoms with Crippen molar-refractivity contribution < 1.29 is 4.74 Å². The third-order valence-electron chi connectivity index (χ3n) is 2.40. The second-order valence-electron chi connectivity index (χ2n) is 3.57. The molecule has 0 radical (unpaired) electrons. The van der Waals surface area contributed by atoms with Gasteiger partial charge in [-0.05, 0) is 31.6 Å². The van der Waals surface area contributed by atoms with Crippen molar-refractivity contribution in [2.24, 2.45) is 5.73 Å². The van der Waals surface area contributed by atoms with E-state index >= 15 is 0 Å². The van der Waals surface area contributed by atoms with Gasteiger partial charge in [0.05, 0.1) is 0 Å². The summed E-state index contributed by atoms with van der Waals surface area (Å²) in [6.45, 7) is 3.85. The van der Waals surface area contributed by atoms with Gasteiger partial charge in [-0.15, -0.1) is 24.8 Å². The van der Waals surface area contributed by atoms with Gasteiger partial charge in [-0.2, -0.15) is 0 Å². The second kappa shape index (κ2) is 4.88. The molecule has 4 heteroatoms. The summed E-state index contributed by atoms with van der Waals surface area (Å²) in [7, 11) is 0.